The molecule has 0 unspecified atom stereocenters. The second-order valence-electron chi connectivity index (χ2n) is 5.28. The van der Waals surface area contributed by atoms with Crippen molar-refractivity contribution in [3.05, 3.63) is 0 Å². The molecule has 0 aromatic carbocycles. The van der Waals surface area contributed by atoms with Crippen LogP contribution in [-0.4, -0.2) is 75.4 Å². The molecule has 4 heteroatoms. The molecule has 0 aromatic heterocycles. The second-order valence-corrected chi connectivity index (χ2v) is 5.28. The fourth-order valence-corrected chi connectivity index (χ4v) is 2.36. The van der Waals surface area contributed by atoms with E-state index in [0.717, 1.165) is 45.9 Å². The van der Waals surface area contributed by atoms with Gasteiger partial charge in [-0.2, -0.15) is 0 Å². The van der Waals surface area contributed by atoms with Gasteiger partial charge in [0.25, 0.3) is 0 Å². The summed E-state index contributed by atoms with van der Waals surface area (Å²) < 4.78 is 5.11. The van der Waals surface area contributed by atoms with E-state index in [-0.39, 0.29) is 5.54 Å². The molecule has 1 N–H and O–H groups in total. The Balaban J connectivity index is 2.36. The molecule has 1 aliphatic heterocycles. The summed E-state index contributed by atoms with van der Waals surface area (Å²) in [5.74, 6) is 0. The van der Waals surface area contributed by atoms with Crippen LogP contribution in [0.5, 0.6) is 0 Å². The number of ether oxygens (including phenoxy) is 1. The molecule has 16 heavy (non-hydrogen) atoms. The predicted octanol–water partition coefficient (Wildman–Crippen LogP) is 0.248. The van der Waals surface area contributed by atoms with E-state index in [4.69, 9.17) is 4.74 Å². The van der Waals surface area contributed by atoms with Crippen molar-refractivity contribution in [2.45, 2.75) is 19.4 Å². The van der Waals surface area contributed by atoms with Gasteiger partial charge in [0.1, 0.15) is 0 Å². The van der Waals surface area contributed by atoms with Crippen LogP contribution in [0.15, 0.2) is 0 Å². The van der Waals surface area contributed by atoms with Crippen molar-refractivity contribution >= 4 is 0 Å². The van der Waals surface area contributed by atoms with Gasteiger partial charge in [0.2, 0.25) is 0 Å². The third kappa shape index (κ3) is 4.37. The molecule has 0 amide bonds. The molecule has 0 bridgehead atoms. The zero-order chi connectivity index (χ0) is 12.0. The number of piperazine rings is 1. The lowest BCUT2D eigenvalue weighted by atomic mass is 10.0. The number of likely N-dealkylation sites (N-methyl/N-ethyl adjacent to an activating group) is 1. The summed E-state index contributed by atoms with van der Waals surface area (Å²) in [5, 5.41) is 3.40. The van der Waals surface area contributed by atoms with Crippen molar-refractivity contribution < 1.29 is 4.74 Å². The molecular formula is C12H27N3O. The van der Waals surface area contributed by atoms with E-state index >= 15 is 0 Å². The monoisotopic (exact) mass is 229 g/mol. The standard InChI is InChI=1S/C12H27N3O/c1-12(2,11-14(3)9-10-16-4)15-7-5-13-6-8-15/h13H,5-11H2,1-4H3. The predicted molar refractivity (Wildman–Crippen MR) is 67.9 cm³/mol. The SMILES string of the molecule is COCCN(C)CC(C)(C)N1CCNCC1. The second kappa shape index (κ2) is 6.55. The Labute approximate surface area is 99.9 Å². The van der Waals surface area contributed by atoms with Crippen molar-refractivity contribution in [3.8, 4) is 0 Å². The Kier molecular flexibility index (Phi) is 5.69. The van der Waals surface area contributed by atoms with Crippen LogP contribution >= 0.6 is 0 Å². The quantitative estimate of drug-likeness (QED) is 0.706. The van der Waals surface area contributed by atoms with Crippen LogP contribution in [0.2, 0.25) is 0 Å². The zero-order valence-corrected chi connectivity index (χ0v) is 11.3. The van der Waals surface area contributed by atoms with Crippen molar-refractivity contribution in [1.29, 1.82) is 0 Å². The highest BCUT2D eigenvalue weighted by Gasteiger charge is 2.28. The molecule has 0 atom stereocenters. The van der Waals surface area contributed by atoms with Gasteiger partial charge in [0.05, 0.1) is 6.61 Å². The third-order valence-corrected chi connectivity index (χ3v) is 3.31. The minimum absolute atomic E-state index is 0.255. The van der Waals surface area contributed by atoms with Crippen LogP contribution in [0.25, 0.3) is 0 Å². The van der Waals surface area contributed by atoms with Crippen LogP contribution in [0.3, 0.4) is 0 Å². The molecule has 1 rings (SSSR count). The van der Waals surface area contributed by atoms with Gasteiger partial charge in [-0.3, -0.25) is 4.90 Å². The van der Waals surface area contributed by atoms with Crippen molar-refractivity contribution in [2.75, 3.05) is 60.0 Å². The van der Waals surface area contributed by atoms with E-state index in [1.54, 1.807) is 7.11 Å². The van der Waals surface area contributed by atoms with Gasteiger partial charge in [0.15, 0.2) is 0 Å². The molecule has 96 valence electrons. The van der Waals surface area contributed by atoms with Crippen LogP contribution in [-0.2, 0) is 4.74 Å². The largest absolute Gasteiger partial charge is 0.383 e. The maximum atomic E-state index is 5.11. The van der Waals surface area contributed by atoms with Crippen molar-refractivity contribution in [3.63, 3.8) is 0 Å². The first-order valence-electron chi connectivity index (χ1n) is 6.19. The normalized spacial score (nSPS) is 19.3. The van der Waals surface area contributed by atoms with Gasteiger partial charge in [-0.15, -0.1) is 0 Å². The minimum atomic E-state index is 0.255. The summed E-state index contributed by atoms with van der Waals surface area (Å²) in [7, 11) is 3.93. The van der Waals surface area contributed by atoms with Crippen molar-refractivity contribution in [2.24, 2.45) is 0 Å². The first kappa shape index (κ1) is 13.9. The fraction of sp³-hybridized carbons (Fsp3) is 1.00. The molecule has 1 fully saturated rings. The van der Waals surface area contributed by atoms with Gasteiger partial charge in [-0.1, -0.05) is 0 Å². The molecule has 0 radical (unpaired) electrons. The van der Waals surface area contributed by atoms with E-state index in [2.05, 4.69) is 36.0 Å². The van der Waals surface area contributed by atoms with Gasteiger partial charge in [0, 0.05) is 51.9 Å². The molecule has 0 saturated carbocycles. The van der Waals surface area contributed by atoms with Crippen LogP contribution in [0, 0.1) is 0 Å². The van der Waals surface area contributed by atoms with Crippen LogP contribution < -0.4 is 5.32 Å². The number of nitrogens with zero attached hydrogens (tertiary/aromatic N) is 2. The summed E-state index contributed by atoms with van der Waals surface area (Å²) in [5.41, 5.74) is 0.255. The highest BCUT2D eigenvalue weighted by atomic mass is 16.5. The van der Waals surface area contributed by atoms with E-state index in [9.17, 15) is 0 Å². The van der Waals surface area contributed by atoms with E-state index in [1.807, 2.05) is 0 Å². The number of hydrogen-bond acceptors (Lipinski definition) is 4. The maximum absolute atomic E-state index is 5.11. The zero-order valence-electron chi connectivity index (χ0n) is 11.3. The van der Waals surface area contributed by atoms with Gasteiger partial charge >= 0.3 is 0 Å². The summed E-state index contributed by atoms with van der Waals surface area (Å²) >= 11 is 0. The summed E-state index contributed by atoms with van der Waals surface area (Å²) in [4.78, 5) is 4.93. The third-order valence-electron chi connectivity index (χ3n) is 3.31. The average Bonchev–Trinajstić information content (AvgIpc) is 2.27. The average molecular weight is 229 g/mol. The first-order chi connectivity index (χ1) is 7.56. The first-order valence-corrected chi connectivity index (χ1v) is 6.19. The molecule has 1 saturated heterocycles. The number of rotatable bonds is 6. The summed E-state index contributed by atoms with van der Waals surface area (Å²) in [6.45, 7) is 12.1. The molecule has 1 aliphatic rings. The van der Waals surface area contributed by atoms with E-state index in [1.165, 1.54) is 0 Å². The fourth-order valence-electron chi connectivity index (χ4n) is 2.36. The Hall–Kier alpha value is -0.160. The van der Waals surface area contributed by atoms with Gasteiger partial charge in [-0.25, -0.2) is 0 Å². The van der Waals surface area contributed by atoms with Crippen molar-refractivity contribution in [1.82, 2.24) is 15.1 Å². The Morgan fingerprint density at radius 2 is 1.94 bits per heavy atom. The molecule has 0 aromatic rings. The lowest BCUT2D eigenvalue weighted by Gasteiger charge is -2.43. The highest BCUT2D eigenvalue weighted by molar-refractivity contribution is 4.87. The van der Waals surface area contributed by atoms with Crippen LogP contribution in [0.4, 0.5) is 0 Å². The van der Waals surface area contributed by atoms with E-state index in [0.29, 0.717) is 0 Å². The molecule has 4 nitrogen and oxygen atoms in total. The van der Waals surface area contributed by atoms with Crippen LogP contribution in [0.1, 0.15) is 13.8 Å². The number of nitrogens with one attached hydrogen (secondary N) is 1. The van der Waals surface area contributed by atoms with Gasteiger partial charge < -0.3 is 15.0 Å². The lowest BCUT2D eigenvalue weighted by Crippen LogP contribution is -2.57. The summed E-state index contributed by atoms with van der Waals surface area (Å²) in [6.07, 6.45) is 0. The van der Waals surface area contributed by atoms with E-state index < -0.39 is 0 Å². The smallest absolute Gasteiger partial charge is 0.0589 e. The summed E-state index contributed by atoms with van der Waals surface area (Å²) in [6, 6.07) is 0. The number of hydrogen-bond donors (Lipinski definition) is 1. The topological polar surface area (TPSA) is 27.7 Å². The Bertz CT molecular complexity index is 191. The molecule has 0 aliphatic carbocycles. The minimum Gasteiger partial charge on any atom is -0.383 e. The molecule has 1 heterocycles. The molecular weight excluding hydrogens is 202 g/mol. The Morgan fingerprint density at radius 1 is 1.31 bits per heavy atom. The lowest BCUT2D eigenvalue weighted by molar-refractivity contribution is 0.0620. The maximum Gasteiger partial charge on any atom is 0.0589 e. The molecule has 0 spiro atoms. The van der Waals surface area contributed by atoms with Gasteiger partial charge in [-0.05, 0) is 20.9 Å². The number of methoxy groups -OCH3 is 1. The Morgan fingerprint density at radius 3 is 2.50 bits per heavy atom. The highest BCUT2D eigenvalue weighted by Crippen LogP contribution is 2.16.